The third-order valence-electron chi connectivity index (χ3n) is 4.83. The monoisotopic (exact) mass is 440 g/mol. The summed E-state index contributed by atoms with van der Waals surface area (Å²) in [6.07, 6.45) is 1.16. The van der Waals surface area contributed by atoms with Crippen molar-refractivity contribution in [2.45, 2.75) is 18.6 Å². The number of carbonyl (C=O) groups excluding carboxylic acids is 1. The van der Waals surface area contributed by atoms with E-state index in [1.807, 2.05) is 0 Å². The summed E-state index contributed by atoms with van der Waals surface area (Å²) in [5, 5.41) is 3.24. The standard InChI is InChI=1S/C20H22ClFN2O4S/c1-28-19-9-6-16(21)11-18(19)23-20(25)15-3-2-10-24(12-15)29(26,27)13-14-4-7-17(22)8-5-14/h4-9,11,15H,2-3,10,12-13H2,1H3,(H,23,25)/t15-/m0/s1. The van der Waals surface area contributed by atoms with Crippen LogP contribution in [0, 0.1) is 11.7 Å². The summed E-state index contributed by atoms with van der Waals surface area (Å²) >= 11 is 5.99. The van der Waals surface area contributed by atoms with Crippen LogP contribution in [0.2, 0.25) is 5.02 Å². The smallest absolute Gasteiger partial charge is 0.228 e. The lowest BCUT2D eigenvalue weighted by atomic mass is 9.98. The molecule has 0 saturated carbocycles. The van der Waals surface area contributed by atoms with E-state index in [0.717, 1.165) is 0 Å². The number of nitrogens with one attached hydrogen (secondary N) is 1. The zero-order valence-corrected chi connectivity index (χ0v) is 17.5. The highest BCUT2D eigenvalue weighted by Gasteiger charge is 2.32. The summed E-state index contributed by atoms with van der Waals surface area (Å²) in [5.74, 6) is -0.955. The van der Waals surface area contributed by atoms with Crippen LogP contribution < -0.4 is 10.1 Å². The Morgan fingerprint density at radius 2 is 2.00 bits per heavy atom. The molecule has 156 valence electrons. The maximum absolute atomic E-state index is 13.1. The number of carbonyl (C=O) groups is 1. The maximum Gasteiger partial charge on any atom is 0.228 e. The highest BCUT2D eigenvalue weighted by Crippen LogP contribution is 2.29. The molecule has 2 aromatic carbocycles. The fourth-order valence-electron chi connectivity index (χ4n) is 3.30. The zero-order chi connectivity index (χ0) is 21.0. The van der Waals surface area contributed by atoms with Crippen molar-refractivity contribution in [3.63, 3.8) is 0 Å². The first-order valence-electron chi connectivity index (χ1n) is 9.15. The van der Waals surface area contributed by atoms with E-state index in [4.69, 9.17) is 16.3 Å². The van der Waals surface area contributed by atoms with E-state index in [1.54, 1.807) is 18.2 Å². The van der Waals surface area contributed by atoms with Crippen LogP contribution in [0.25, 0.3) is 0 Å². The second-order valence-electron chi connectivity index (χ2n) is 6.91. The molecule has 29 heavy (non-hydrogen) atoms. The number of piperidine rings is 1. The van der Waals surface area contributed by atoms with Gasteiger partial charge >= 0.3 is 0 Å². The van der Waals surface area contributed by atoms with E-state index >= 15 is 0 Å². The fourth-order valence-corrected chi connectivity index (χ4v) is 5.09. The Hall–Kier alpha value is -2.16. The number of hydrogen-bond acceptors (Lipinski definition) is 4. The van der Waals surface area contributed by atoms with E-state index in [0.29, 0.717) is 41.4 Å². The number of hydrogen-bond donors (Lipinski definition) is 1. The lowest BCUT2D eigenvalue weighted by Crippen LogP contribution is -2.44. The second-order valence-corrected chi connectivity index (χ2v) is 9.32. The van der Waals surface area contributed by atoms with Gasteiger partial charge in [-0.25, -0.2) is 17.1 Å². The first kappa shape index (κ1) is 21.5. The van der Waals surface area contributed by atoms with Gasteiger partial charge in [-0.2, -0.15) is 0 Å². The second kappa shape index (κ2) is 9.11. The van der Waals surface area contributed by atoms with E-state index in [1.165, 1.54) is 35.7 Å². The highest BCUT2D eigenvalue weighted by atomic mass is 35.5. The number of anilines is 1. The van der Waals surface area contributed by atoms with Crippen molar-refractivity contribution in [2.24, 2.45) is 5.92 Å². The maximum atomic E-state index is 13.1. The molecule has 1 fully saturated rings. The molecule has 0 unspecified atom stereocenters. The number of ether oxygens (including phenoxy) is 1. The molecule has 1 saturated heterocycles. The molecule has 6 nitrogen and oxygen atoms in total. The number of benzene rings is 2. The van der Waals surface area contributed by atoms with Gasteiger partial charge in [0.25, 0.3) is 0 Å². The van der Waals surface area contributed by atoms with Crippen LogP contribution in [-0.4, -0.2) is 38.8 Å². The molecule has 1 aliphatic heterocycles. The molecule has 0 spiro atoms. The van der Waals surface area contributed by atoms with E-state index in [2.05, 4.69) is 5.32 Å². The SMILES string of the molecule is COc1ccc(Cl)cc1NC(=O)[C@H]1CCCN(S(=O)(=O)Cc2ccc(F)cc2)C1. The van der Waals surface area contributed by atoms with Gasteiger partial charge in [0.15, 0.2) is 0 Å². The Kier molecular flexibility index (Phi) is 6.77. The summed E-state index contributed by atoms with van der Waals surface area (Å²) < 4.78 is 45.2. The Morgan fingerprint density at radius 3 is 2.69 bits per heavy atom. The topological polar surface area (TPSA) is 75.7 Å². The molecule has 1 amide bonds. The fraction of sp³-hybridized carbons (Fsp3) is 0.350. The molecule has 1 heterocycles. The summed E-state index contributed by atoms with van der Waals surface area (Å²) in [5.41, 5.74) is 0.943. The molecule has 1 atom stereocenters. The summed E-state index contributed by atoms with van der Waals surface area (Å²) in [7, 11) is -2.13. The van der Waals surface area contributed by atoms with Crippen LogP contribution in [0.5, 0.6) is 5.75 Å². The third kappa shape index (κ3) is 5.46. The molecule has 9 heteroatoms. The average Bonchev–Trinajstić information content (AvgIpc) is 2.70. The van der Waals surface area contributed by atoms with Crippen LogP contribution in [0.1, 0.15) is 18.4 Å². The lowest BCUT2D eigenvalue weighted by Gasteiger charge is -2.31. The van der Waals surface area contributed by atoms with Crippen molar-refractivity contribution in [2.75, 3.05) is 25.5 Å². The largest absolute Gasteiger partial charge is 0.495 e. The highest BCUT2D eigenvalue weighted by molar-refractivity contribution is 7.88. The van der Waals surface area contributed by atoms with Gasteiger partial charge in [0.05, 0.1) is 24.5 Å². The van der Waals surface area contributed by atoms with Gasteiger partial charge in [-0.3, -0.25) is 4.79 Å². The molecule has 0 bridgehead atoms. The molecule has 0 aromatic heterocycles. The first-order valence-corrected chi connectivity index (χ1v) is 11.1. The van der Waals surface area contributed by atoms with E-state index in [-0.39, 0.29) is 18.2 Å². The number of rotatable bonds is 6. The summed E-state index contributed by atoms with van der Waals surface area (Å²) in [6, 6.07) is 10.3. The average molecular weight is 441 g/mol. The summed E-state index contributed by atoms with van der Waals surface area (Å²) in [6.45, 7) is 0.450. The van der Waals surface area contributed by atoms with Gasteiger partial charge in [0.1, 0.15) is 11.6 Å². The Balaban J connectivity index is 1.69. The molecule has 2 aromatic rings. The van der Waals surface area contributed by atoms with Crippen molar-refractivity contribution in [1.29, 1.82) is 0 Å². The molecular weight excluding hydrogens is 419 g/mol. The molecule has 1 aliphatic rings. The quantitative estimate of drug-likeness (QED) is 0.743. The number of amides is 1. The van der Waals surface area contributed by atoms with E-state index in [9.17, 15) is 17.6 Å². The minimum atomic E-state index is -3.62. The van der Waals surface area contributed by atoms with Gasteiger partial charge in [0, 0.05) is 18.1 Å². The van der Waals surface area contributed by atoms with Crippen molar-refractivity contribution < 1.29 is 22.3 Å². The number of nitrogens with zero attached hydrogens (tertiary/aromatic N) is 1. The molecule has 0 radical (unpaired) electrons. The van der Waals surface area contributed by atoms with Crippen molar-refractivity contribution in [3.8, 4) is 5.75 Å². The minimum absolute atomic E-state index is 0.0955. The van der Waals surface area contributed by atoms with Crippen LogP contribution in [-0.2, 0) is 20.6 Å². The van der Waals surface area contributed by atoms with E-state index < -0.39 is 21.8 Å². The van der Waals surface area contributed by atoms with Crippen LogP contribution in [0.15, 0.2) is 42.5 Å². The molecular formula is C20H22ClFN2O4S. The van der Waals surface area contributed by atoms with Gasteiger partial charge < -0.3 is 10.1 Å². The van der Waals surface area contributed by atoms with Crippen molar-refractivity contribution in [3.05, 3.63) is 58.9 Å². The van der Waals surface area contributed by atoms with Crippen LogP contribution in [0.4, 0.5) is 10.1 Å². The third-order valence-corrected chi connectivity index (χ3v) is 6.88. The van der Waals surface area contributed by atoms with Gasteiger partial charge in [0.2, 0.25) is 15.9 Å². The van der Waals surface area contributed by atoms with Crippen molar-refractivity contribution >= 4 is 33.2 Å². The van der Waals surface area contributed by atoms with Crippen LogP contribution in [0.3, 0.4) is 0 Å². The molecule has 0 aliphatic carbocycles. The normalized spacial score (nSPS) is 17.7. The van der Waals surface area contributed by atoms with Gasteiger partial charge in [-0.15, -0.1) is 0 Å². The number of halogens is 2. The van der Waals surface area contributed by atoms with Crippen molar-refractivity contribution in [1.82, 2.24) is 4.31 Å². The van der Waals surface area contributed by atoms with Gasteiger partial charge in [-0.05, 0) is 48.7 Å². The Labute approximate surface area is 174 Å². The molecule has 3 rings (SSSR count). The zero-order valence-electron chi connectivity index (χ0n) is 15.9. The Morgan fingerprint density at radius 1 is 1.28 bits per heavy atom. The lowest BCUT2D eigenvalue weighted by molar-refractivity contribution is -0.120. The molecule has 1 N–H and O–H groups in total. The minimum Gasteiger partial charge on any atom is -0.495 e. The predicted molar refractivity (Wildman–Crippen MR) is 110 cm³/mol. The Bertz CT molecular complexity index is 982. The van der Waals surface area contributed by atoms with Gasteiger partial charge in [-0.1, -0.05) is 23.7 Å². The summed E-state index contributed by atoms with van der Waals surface area (Å²) in [4.78, 5) is 12.7. The number of methoxy groups -OCH3 is 1. The first-order chi connectivity index (χ1) is 13.8. The predicted octanol–water partition coefficient (Wildman–Crippen LogP) is 3.67. The number of sulfonamides is 1. The van der Waals surface area contributed by atoms with Crippen LogP contribution >= 0.6 is 11.6 Å².